The summed E-state index contributed by atoms with van der Waals surface area (Å²) in [5.74, 6) is -3.28. The molecule has 2 aliphatic heterocycles. The number of aliphatic carboxylic acids is 2. The van der Waals surface area contributed by atoms with E-state index in [2.05, 4.69) is 32.4 Å². The molecular formula is C26H34N6O4. The fraction of sp³-hybridized carbons (Fsp3) is 0.500. The maximum Gasteiger partial charge on any atom is 0.334 e. The van der Waals surface area contributed by atoms with Gasteiger partial charge in [-0.2, -0.15) is 5.26 Å². The van der Waals surface area contributed by atoms with E-state index in [4.69, 9.17) is 5.26 Å². The summed E-state index contributed by atoms with van der Waals surface area (Å²) in [6, 6.07) is 6.87. The molecule has 0 aromatic heterocycles. The predicted molar refractivity (Wildman–Crippen MR) is 138 cm³/mol. The third-order valence-electron chi connectivity index (χ3n) is 6.79. The van der Waals surface area contributed by atoms with E-state index in [1.807, 2.05) is 6.19 Å². The van der Waals surface area contributed by atoms with Crippen LogP contribution in [0.3, 0.4) is 0 Å². The molecule has 2 atom stereocenters. The maximum atomic E-state index is 12.1. The van der Waals surface area contributed by atoms with E-state index >= 15 is 0 Å². The van der Waals surface area contributed by atoms with E-state index in [0.717, 1.165) is 32.0 Å². The number of piperidine rings is 1. The lowest BCUT2D eigenvalue weighted by atomic mass is 9.75. The number of benzene rings is 1. The Balaban J connectivity index is 1.76. The molecule has 10 heteroatoms. The van der Waals surface area contributed by atoms with Gasteiger partial charge in [0.25, 0.3) is 0 Å². The number of guanidine groups is 1. The topological polar surface area (TPSA) is 150 Å². The summed E-state index contributed by atoms with van der Waals surface area (Å²) in [6.07, 6.45) is 5.18. The average Bonchev–Trinajstić information content (AvgIpc) is 2.82. The Hall–Kier alpha value is -3.71. The van der Waals surface area contributed by atoms with Crippen LogP contribution < -0.4 is 10.6 Å². The lowest BCUT2D eigenvalue weighted by Gasteiger charge is -2.30. The van der Waals surface area contributed by atoms with Crippen molar-refractivity contribution >= 4 is 29.3 Å². The SMILES string of the molecule is CC1=NC(C)=C(C(=O)O)C(c2cccc(NC(=NCCCN3CCC(C)CC3)NC#N)c2)C1C(=O)O. The molecule has 192 valence electrons. The van der Waals surface area contributed by atoms with Crippen molar-refractivity contribution in [3.63, 3.8) is 0 Å². The van der Waals surface area contributed by atoms with Gasteiger partial charge < -0.3 is 20.4 Å². The number of carbonyl (C=O) groups is 2. The van der Waals surface area contributed by atoms with Crippen molar-refractivity contribution in [3.8, 4) is 6.19 Å². The molecule has 10 nitrogen and oxygen atoms in total. The second-order valence-electron chi connectivity index (χ2n) is 9.45. The van der Waals surface area contributed by atoms with Crippen molar-refractivity contribution in [3.05, 3.63) is 41.1 Å². The smallest absolute Gasteiger partial charge is 0.334 e. The Morgan fingerprint density at radius 3 is 2.61 bits per heavy atom. The molecule has 1 aromatic carbocycles. The first-order valence-corrected chi connectivity index (χ1v) is 12.2. The van der Waals surface area contributed by atoms with Crippen LogP contribution in [-0.4, -0.2) is 64.9 Å². The number of hydrogen-bond donors (Lipinski definition) is 4. The van der Waals surface area contributed by atoms with Crippen molar-refractivity contribution < 1.29 is 19.8 Å². The molecule has 1 fully saturated rings. The number of carboxylic acids is 2. The van der Waals surface area contributed by atoms with Crippen LogP contribution in [-0.2, 0) is 9.59 Å². The Labute approximate surface area is 211 Å². The van der Waals surface area contributed by atoms with Crippen molar-refractivity contribution in [1.29, 1.82) is 5.26 Å². The second kappa shape index (κ2) is 12.3. The van der Waals surface area contributed by atoms with E-state index in [-0.39, 0.29) is 17.2 Å². The van der Waals surface area contributed by atoms with Crippen LogP contribution in [0, 0.1) is 23.3 Å². The van der Waals surface area contributed by atoms with Crippen LogP contribution in [0.2, 0.25) is 0 Å². The van der Waals surface area contributed by atoms with Gasteiger partial charge in [0.15, 0.2) is 6.19 Å². The van der Waals surface area contributed by atoms with Gasteiger partial charge in [-0.25, -0.2) is 4.79 Å². The minimum absolute atomic E-state index is 0.0405. The number of likely N-dealkylation sites (tertiary alicyclic amines) is 1. The van der Waals surface area contributed by atoms with Gasteiger partial charge in [0.2, 0.25) is 5.96 Å². The number of rotatable bonds is 8. The summed E-state index contributed by atoms with van der Waals surface area (Å²) < 4.78 is 0. The average molecular weight is 495 g/mol. The van der Waals surface area contributed by atoms with Gasteiger partial charge in [0, 0.05) is 29.6 Å². The summed E-state index contributed by atoms with van der Waals surface area (Å²) in [4.78, 5) is 35.2. The van der Waals surface area contributed by atoms with Gasteiger partial charge in [-0.05, 0) is 76.4 Å². The quantitative estimate of drug-likeness (QED) is 0.141. The zero-order valence-electron chi connectivity index (χ0n) is 21.0. The maximum absolute atomic E-state index is 12.1. The fourth-order valence-corrected chi connectivity index (χ4v) is 4.88. The summed E-state index contributed by atoms with van der Waals surface area (Å²) in [5, 5.41) is 34.5. The molecule has 4 N–H and O–H groups in total. The normalized spacial score (nSPS) is 21.5. The highest BCUT2D eigenvalue weighted by Gasteiger charge is 2.41. The summed E-state index contributed by atoms with van der Waals surface area (Å²) >= 11 is 0. The third-order valence-corrected chi connectivity index (χ3v) is 6.79. The summed E-state index contributed by atoms with van der Waals surface area (Å²) in [6.45, 7) is 9.16. The largest absolute Gasteiger partial charge is 0.481 e. The van der Waals surface area contributed by atoms with Crippen LogP contribution in [0.4, 0.5) is 5.69 Å². The monoisotopic (exact) mass is 494 g/mol. The van der Waals surface area contributed by atoms with E-state index in [9.17, 15) is 19.8 Å². The molecule has 3 rings (SSSR count). The molecule has 1 saturated heterocycles. The zero-order chi connectivity index (χ0) is 26.2. The first-order chi connectivity index (χ1) is 17.2. The minimum atomic E-state index is -1.20. The van der Waals surface area contributed by atoms with Crippen molar-refractivity contribution in [1.82, 2.24) is 10.2 Å². The Morgan fingerprint density at radius 2 is 1.97 bits per heavy atom. The molecule has 0 amide bonds. The predicted octanol–water partition coefficient (Wildman–Crippen LogP) is 3.26. The Morgan fingerprint density at radius 1 is 1.25 bits per heavy atom. The Bertz CT molecular complexity index is 1110. The van der Waals surface area contributed by atoms with E-state index in [1.165, 1.54) is 12.8 Å². The lowest BCUT2D eigenvalue weighted by Crippen LogP contribution is -2.35. The molecule has 2 aliphatic rings. The van der Waals surface area contributed by atoms with Gasteiger partial charge in [0.1, 0.15) is 5.92 Å². The highest BCUT2D eigenvalue weighted by Crippen LogP contribution is 2.39. The molecule has 0 spiro atoms. The van der Waals surface area contributed by atoms with Crippen molar-refractivity contribution in [2.75, 3.05) is 31.5 Å². The molecular weight excluding hydrogens is 460 g/mol. The molecule has 0 aliphatic carbocycles. The minimum Gasteiger partial charge on any atom is -0.481 e. The van der Waals surface area contributed by atoms with E-state index < -0.39 is 23.8 Å². The number of anilines is 1. The lowest BCUT2D eigenvalue weighted by molar-refractivity contribution is -0.140. The number of allylic oxidation sites excluding steroid dienone is 1. The molecule has 0 saturated carbocycles. The van der Waals surface area contributed by atoms with E-state index in [0.29, 0.717) is 23.5 Å². The summed E-state index contributed by atoms with van der Waals surface area (Å²) in [7, 11) is 0. The standard InChI is InChI=1S/C26H34N6O4/c1-16-8-12-32(13-9-16)11-5-10-28-26(29-15-27)31-20-7-4-6-19(14-20)23-21(24(33)34)17(2)30-18(3)22(23)25(35)36/h4,6-7,14,16,21,23H,5,8-13H2,1-3H3,(H,33,34)(H,35,36)(H2,28,29,31). The van der Waals surface area contributed by atoms with Gasteiger partial charge in [0.05, 0.1) is 5.57 Å². The first-order valence-electron chi connectivity index (χ1n) is 12.2. The first kappa shape index (κ1) is 26.9. The number of carboxylic acid groups (broad SMARTS) is 2. The van der Waals surface area contributed by atoms with Crippen LogP contribution in [0.1, 0.15) is 51.5 Å². The van der Waals surface area contributed by atoms with Gasteiger partial charge in [-0.15, -0.1) is 0 Å². The molecule has 36 heavy (non-hydrogen) atoms. The molecule has 2 unspecified atom stereocenters. The number of aliphatic imine (C=N–C) groups is 2. The van der Waals surface area contributed by atoms with Gasteiger partial charge >= 0.3 is 11.9 Å². The highest BCUT2D eigenvalue weighted by molar-refractivity contribution is 6.06. The van der Waals surface area contributed by atoms with Crippen molar-refractivity contribution in [2.24, 2.45) is 21.8 Å². The fourth-order valence-electron chi connectivity index (χ4n) is 4.88. The second-order valence-corrected chi connectivity index (χ2v) is 9.45. The van der Waals surface area contributed by atoms with Crippen LogP contribution in [0.15, 0.2) is 45.5 Å². The Kier molecular flexibility index (Phi) is 9.19. The van der Waals surface area contributed by atoms with Crippen LogP contribution in [0.25, 0.3) is 0 Å². The van der Waals surface area contributed by atoms with Gasteiger partial charge in [-0.3, -0.25) is 20.1 Å². The highest BCUT2D eigenvalue weighted by atomic mass is 16.4. The molecule has 0 bridgehead atoms. The number of hydrogen-bond acceptors (Lipinski definition) is 6. The number of nitrogens with one attached hydrogen (secondary N) is 2. The summed E-state index contributed by atoms with van der Waals surface area (Å²) in [5.41, 5.74) is 1.68. The van der Waals surface area contributed by atoms with Crippen LogP contribution in [0.5, 0.6) is 0 Å². The molecule has 2 heterocycles. The van der Waals surface area contributed by atoms with E-state index in [1.54, 1.807) is 38.1 Å². The molecule has 0 radical (unpaired) electrons. The number of nitriles is 1. The third kappa shape index (κ3) is 6.70. The van der Waals surface area contributed by atoms with Crippen LogP contribution >= 0.6 is 0 Å². The van der Waals surface area contributed by atoms with Gasteiger partial charge in [-0.1, -0.05) is 19.1 Å². The zero-order valence-corrected chi connectivity index (χ0v) is 21.0. The van der Waals surface area contributed by atoms with Crippen molar-refractivity contribution in [2.45, 2.75) is 46.0 Å². The number of nitrogens with zero attached hydrogens (tertiary/aromatic N) is 4. The molecule has 1 aromatic rings.